The number of carbonyl (C=O) groups excluding carboxylic acids is 1. The van der Waals surface area contributed by atoms with Crippen LogP contribution in [0.25, 0.3) is 10.9 Å². The molecule has 2 rings (SSSR count). The number of carbonyl (C=O) groups is 1. The van der Waals surface area contributed by atoms with Gasteiger partial charge in [0.2, 0.25) is 5.91 Å². The first-order valence-corrected chi connectivity index (χ1v) is 9.10. The van der Waals surface area contributed by atoms with Crippen LogP contribution in [0.15, 0.2) is 30.5 Å². The van der Waals surface area contributed by atoms with Gasteiger partial charge in [-0.3, -0.25) is 4.79 Å². The summed E-state index contributed by atoms with van der Waals surface area (Å²) in [6.07, 6.45) is 5.16. The fourth-order valence-electron chi connectivity index (χ4n) is 2.56. The number of benzene rings is 1. The minimum atomic E-state index is -0.156. The Kier molecular flexibility index (Phi) is 6.80. The number of aliphatic hydroxyl groups is 1. The Balaban J connectivity index is 1.94. The zero-order valence-corrected chi connectivity index (χ0v) is 14.4. The molecule has 0 aliphatic heterocycles. The maximum Gasteiger partial charge on any atom is 0.222 e. The Bertz CT molecular complexity index is 642. The van der Waals surface area contributed by atoms with E-state index in [1.165, 1.54) is 0 Å². The first-order chi connectivity index (χ1) is 11.2. The van der Waals surface area contributed by atoms with Gasteiger partial charge in [-0.05, 0) is 36.6 Å². The highest BCUT2D eigenvalue weighted by Gasteiger charge is 2.12. The SMILES string of the molecule is COc1cccc2c1ccn2CCC(=O)NC(CO)CCSC. The van der Waals surface area contributed by atoms with E-state index >= 15 is 0 Å². The summed E-state index contributed by atoms with van der Waals surface area (Å²) in [6, 6.07) is 7.74. The molecule has 126 valence electrons. The number of methoxy groups -OCH3 is 1. The van der Waals surface area contributed by atoms with Gasteiger partial charge in [-0.15, -0.1) is 0 Å². The van der Waals surface area contributed by atoms with Crippen molar-refractivity contribution in [2.75, 3.05) is 25.7 Å². The van der Waals surface area contributed by atoms with Gasteiger partial charge >= 0.3 is 0 Å². The van der Waals surface area contributed by atoms with E-state index in [0.717, 1.165) is 28.8 Å². The smallest absolute Gasteiger partial charge is 0.222 e. The van der Waals surface area contributed by atoms with Crippen LogP contribution in [0.2, 0.25) is 0 Å². The quantitative estimate of drug-likeness (QED) is 0.737. The molecule has 0 aliphatic rings. The van der Waals surface area contributed by atoms with Gasteiger partial charge in [-0.2, -0.15) is 11.8 Å². The van der Waals surface area contributed by atoms with Crippen LogP contribution in [0.3, 0.4) is 0 Å². The lowest BCUT2D eigenvalue weighted by Gasteiger charge is -2.16. The molecule has 2 N–H and O–H groups in total. The van der Waals surface area contributed by atoms with Crippen LogP contribution in [0.4, 0.5) is 0 Å². The number of hydrogen-bond acceptors (Lipinski definition) is 4. The summed E-state index contributed by atoms with van der Waals surface area (Å²) in [7, 11) is 1.66. The summed E-state index contributed by atoms with van der Waals surface area (Å²) >= 11 is 1.71. The summed E-state index contributed by atoms with van der Waals surface area (Å²) < 4.78 is 7.40. The van der Waals surface area contributed by atoms with E-state index in [-0.39, 0.29) is 18.6 Å². The van der Waals surface area contributed by atoms with Crippen molar-refractivity contribution in [1.29, 1.82) is 0 Å². The summed E-state index contributed by atoms with van der Waals surface area (Å²) in [6.45, 7) is 0.582. The van der Waals surface area contributed by atoms with Gasteiger partial charge in [0.1, 0.15) is 5.75 Å². The number of nitrogens with zero attached hydrogens (tertiary/aromatic N) is 1. The van der Waals surface area contributed by atoms with E-state index in [4.69, 9.17) is 4.74 Å². The van der Waals surface area contributed by atoms with E-state index in [1.807, 2.05) is 41.3 Å². The molecule has 6 heteroatoms. The molecular weight excluding hydrogens is 312 g/mol. The highest BCUT2D eigenvalue weighted by Crippen LogP contribution is 2.26. The van der Waals surface area contributed by atoms with Crippen LogP contribution in [-0.4, -0.2) is 47.3 Å². The van der Waals surface area contributed by atoms with E-state index in [0.29, 0.717) is 13.0 Å². The number of aromatic nitrogens is 1. The number of aryl methyl sites for hydroxylation is 1. The van der Waals surface area contributed by atoms with Crippen LogP contribution in [0.5, 0.6) is 5.75 Å². The minimum Gasteiger partial charge on any atom is -0.496 e. The van der Waals surface area contributed by atoms with Gasteiger partial charge in [0.15, 0.2) is 0 Å². The number of amides is 1. The van der Waals surface area contributed by atoms with Gasteiger partial charge in [0.05, 0.1) is 25.3 Å². The molecule has 2 aromatic rings. The van der Waals surface area contributed by atoms with Crippen molar-refractivity contribution >= 4 is 28.6 Å². The minimum absolute atomic E-state index is 0.0179. The molecule has 1 atom stereocenters. The highest BCUT2D eigenvalue weighted by molar-refractivity contribution is 7.98. The largest absolute Gasteiger partial charge is 0.496 e. The van der Waals surface area contributed by atoms with E-state index in [9.17, 15) is 9.90 Å². The van der Waals surface area contributed by atoms with E-state index in [2.05, 4.69) is 5.32 Å². The van der Waals surface area contributed by atoms with Gasteiger partial charge < -0.3 is 19.7 Å². The number of nitrogens with one attached hydrogen (secondary N) is 1. The van der Waals surface area contributed by atoms with Crippen LogP contribution in [0.1, 0.15) is 12.8 Å². The number of thioether (sulfide) groups is 1. The van der Waals surface area contributed by atoms with Crippen molar-refractivity contribution in [2.45, 2.75) is 25.4 Å². The molecule has 23 heavy (non-hydrogen) atoms. The molecule has 1 aromatic carbocycles. The van der Waals surface area contributed by atoms with Crippen molar-refractivity contribution in [1.82, 2.24) is 9.88 Å². The molecule has 0 radical (unpaired) electrons. The van der Waals surface area contributed by atoms with Gasteiger partial charge in [-0.1, -0.05) is 6.07 Å². The van der Waals surface area contributed by atoms with Gasteiger partial charge in [0, 0.05) is 24.5 Å². The Morgan fingerprint density at radius 2 is 2.26 bits per heavy atom. The summed E-state index contributed by atoms with van der Waals surface area (Å²) in [5.74, 6) is 1.73. The van der Waals surface area contributed by atoms with Crippen molar-refractivity contribution < 1.29 is 14.6 Å². The maximum atomic E-state index is 12.1. The molecule has 0 spiro atoms. The lowest BCUT2D eigenvalue weighted by Crippen LogP contribution is -2.38. The summed E-state index contributed by atoms with van der Waals surface area (Å²) in [5, 5.41) is 13.2. The predicted molar refractivity (Wildman–Crippen MR) is 95.1 cm³/mol. The van der Waals surface area contributed by atoms with Gasteiger partial charge in [-0.25, -0.2) is 0 Å². The van der Waals surface area contributed by atoms with Crippen LogP contribution < -0.4 is 10.1 Å². The first-order valence-electron chi connectivity index (χ1n) is 7.70. The second-order valence-corrected chi connectivity index (χ2v) is 6.37. The molecule has 1 amide bonds. The van der Waals surface area contributed by atoms with Gasteiger partial charge in [0.25, 0.3) is 0 Å². The van der Waals surface area contributed by atoms with Crippen molar-refractivity contribution in [3.05, 3.63) is 30.5 Å². The molecule has 0 aliphatic carbocycles. The average molecular weight is 336 g/mol. The van der Waals surface area contributed by atoms with Crippen LogP contribution in [0, 0.1) is 0 Å². The second kappa shape index (κ2) is 8.84. The number of ether oxygens (including phenoxy) is 1. The molecule has 0 bridgehead atoms. The lowest BCUT2D eigenvalue weighted by atomic mass is 10.2. The molecule has 1 heterocycles. The second-order valence-electron chi connectivity index (χ2n) is 5.38. The Labute approximate surface area is 141 Å². The third-order valence-electron chi connectivity index (χ3n) is 3.83. The Morgan fingerprint density at radius 3 is 2.96 bits per heavy atom. The fourth-order valence-corrected chi connectivity index (χ4v) is 3.08. The molecule has 0 fully saturated rings. The zero-order chi connectivity index (χ0) is 16.7. The topological polar surface area (TPSA) is 63.5 Å². The summed E-state index contributed by atoms with van der Waals surface area (Å²) in [4.78, 5) is 12.1. The number of hydrogen-bond donors (Lipinski definition) is 2. The van der Waals surface area contributed by atoms with Crippen molar-refractivity contribution in [3.8, 4) is 5.75 Å². The molecular formula is C17H24N2O3S. The molecule has 0 saturated heterocycles. The van der Waals surface area contributed by atoms with Crippen molar-refractivity contribution in [3.63, 3.8) is 0 Å². The van der Waals surface area contributed by atoms with Crippen molar-refractivity contribution in [2.24, 2.45) is 0 Å². The van der Waals surface area contributed by atoms with E-state index in [1.54, 1.807) is 18.9 Å². The average Bonchev–Trinajstić information content (AvgIpc) is 2.99. The number of rotatable bonds is 9. The molecule has 1 unspecified atom stereocenters. The Morgan fingerprint density at radius 1 is 1.43 bits per heavy atom. The molecule has 0 saturated carbocycles. The summed E-state index contributed by atoms with van der Waals surface area (Å²) in [5.41, 5.74) is 1.05. The predicted octanol–water partition coefficient (Wildman–Crippen LogP) is 2.27. The first kappa shape index (κ1) is 17.7. The third kappa shape index (κ3) is 4.65. The standard InChI is InChI=1S/C17H24N2O3S/c1-22-16-5-3-4-15-14(16)6-9-19(15)10-7-17(21)18-13(12-20)8-11-23-2/h3-6,9,13,20H,7-8,10-12H2,1-2H3,(H,18,21). The van der Waals surface area contributed by atoms with E-state index < -0.39 is 0 Å². The maximum absolute atomic E-state index is 12.1. The number of fused-ring (bicyclic) bond motifs is 1. The van der Waals surface area contributed by atoms with Crippen LogP contribution in [-0.2, 0) is 11.3 Å². The molecule has 5 nitrogen and oxygen atoms in total. The normalized spacial score (nSPS) is 12.3. The lowest BCUT2D eigenvalue weighted by molar-refractivity contribution is -0.122. The molecule has 1 aromatic heterocycles. The van der Waals surface area contributed by atoms with Crippen LogP contribution >= 0.6 is 11.8 Å². The third-order valence-corrected chi connectivity index (χ3v) is 4.47. The number of aliphatic hydroxyl groups excluding tert-OH is 1. The Hall–Kier alpha value is -1.66. The monoisotopic (exact) mass is 336 g/mol. The zero-order valence-electron chi connectivity index (χ0n) is 13.6. The highest BCUT2D eigenvalue weighted by atomic mass is 32.2. The fraction of sp³-hybridized carbons (Fsp3) is 0.471.